The highest BCUT2D eigenvalue weighted by molar-refractivity contribution is 7.26. The highest BCUT2D eigenvalue weighted by Gasteiger charge is 2.37. The summed E-state index contributed by atoms with van der Waals surface area (Å²) in [5.41, 5.74) is 18.8. The van der Waals surface area contributed by atoms with Gasteiger partial charge < -0.3 is 0 Å². The fourth-order valence-electron chi connectivity index (χ4n) is 9.98. The fraction of sp³-hybridized carbons (Fsp3) is 0.0370. The highest BCUT2D eigenvalue weighted by atomic mass is 32.1. The minimum atomic E-state index is 0.301. The van der Waals surface area contributed by atoms with Crippen molar-refractivity contribution < 1.29 is 0 Å². The van der Waals surface area contributed by atoms with Crippen LogP contribution in [0, 0.1) is 0 Å². The predicted octanol–water partition coefficient (Wildman–Crippen LogP) is 14.3. The largest absolute Gasteiger partial charge is 0.292 e. The summed E-state index contributed by atoms with van der Waals surface area (Å²) in [6.45, 7) is 0. The molecule has 0 amide bonds. The van der Waals surface area contributed by atoms with Gasteiger partial charge in [-0.25, -0.2) is 9.97 Å². The van der Waals surface area contributed by atoms with Crippen molar-refractivity contribution in [2.45, 2.75) is 12.3 Å². The van der Waals surface area contributed by atoms with Gasteiger partial charge in [0.15, 0.2) is 11.6 Å². The molecular formula is C54H33N3S. The summed E-state index contributed by atoms with van der Waals surface area (Å²) in [5, 5.41) is 3.68. The van der Waals surface area contributed by atoms with E-state index in [1.165, 1.54) is 76.7 Å². The van der Waals surface area contributed by atoms with Gasteiger partial charge in [0.2, 0.25) is 0 Å². The van der Waals surface area contributed by atoms with Crippen molar-refractivity contribution in [2.75, 3.05) is 0 Å². The molecule has 13 rings (SSSR count). The molecule has 0 spiro atoms. The van der Waals surface area contributed by atoms with Gasteiger partial charge in [0, 0.05) is 32.3 Å². The van der Waals surface area contributed by atoms with Crippen LogP contribution in [0.3, 0.4) is 0 Å². The normalized spacial score (nSPS) is 14.0. The van der Waals surface area contributed by atoms with Crippen molar-refractivity contribution in [2.24, 2.45) is 0 Å². The van der Waals surface area contributed by atoms with E-state index >= 15 is 0 Å². The zero-order chi connectivity index (χ0) is 37.9. The van der Waals surface area contributed by atoms with E-state index < -0.39 is 0 Å². The van der Waals surface area contributed by atoms with Gasteiger partial charge in [0.05, 0.1) is 21.3 Å². The molecule has 0 aliphatic heterocycles. The average Bonchev–Trinajstić information content (AvgIpc) is 3.84. The molecule has 0 N–H and O–H groups in total. The molecular weight excluding hydrogens is 723 g/mol. The molecule has 4 heteroatoms. The van der Waals surface area contributed by atoms with Crippen LogP contribution < -0.4 is 0 Å². The van der Waals surface area contributed by atoms with Crippen LogP contribution in [0.1, 0.15) is 22.6 Å². The molecule has 3 aromatic heterocycles. The fourth-order valence-corrected chi connectivity index (χ4v) is 11.1. The Kier molecular flexibility index (Phi) is 6.72. The number of aromatic nitrogens is 3. The number of benzene rings is 8. The molecule has 58 heavy (non-hydrogen) atoms. The van der Waals surface area contributed by atoms with Gasteiger partial charge in [-0.3, -0.25) is 4.57 Å². The zero-order valence-corrected chi connectivity index (χ0v) is 32.2. The predicted molar refractivity (Wildman–Crippen MR) is 242 cm³/mol. The molecule has 270 valence electrons. The Hall–Kier alpha value is -7.14. The average molecular weight is 756 g/mol. The van der Waals surface area contributed by atoms with E-state index in [4.69, 9.17) is 9.97 Å². The molecule has 1 unspecified atom stereocenters. The quantitative estimate of drug-likeness (QED) is 0.179. The molecule has 0 radical (unpaired) electrons. The van der Waals surface area contributed by atoms with E-state index in [1.54, 1.807) is 11.3 Å². The van der Waals surface area contributed by atoms with Gasteiger partial charge in [-0.2, -0.15) is 0 Å². The third-order valence-corrected chi connectivity index (χ3v) is 13.7. The summed E-state index contributed by atoms with van der Waals surface area (Å²) in [6, 6.07) is 66.5. The van der Waals surface area contributed by atoms with Crippen LogP contribution in [0.25, 0.3) is 104 Å². The second kappa shape index (κ2) is 12.2. The van der Waals surface area contributed by atoms with Crippen molar-refractivity contribution >= 4 is 53.4 Å². The van der Waals surface area contributed by atoms with Gasteiger partial charge in [-0.1, -0.05) is 152 Å². The molecule has 11 aromatic rings. The maximum Gasteiger partial charge on any atom is 0.162 e. The minimum absolute atomic E-state index is 0.301. The van der Waals surface area contributed by atoms with Gasteiger partial charge in [0.25, 0.3) is 0 Å². The summed E-state index contributed by atoms with van der Waals surface area (Å²) in [5.74, 6) is 1.95. The van der Waals surface area contributed by atoms with Gasteiger partial charge >= 0.3 is 0 Å². The molecule has 1 atom stereocenters. The van der Waals surface area contributed by atoms with Crippen molar-refractivity contribution in [1.29, 1.82) is 0 Å². The first kappa shape index (κ1) is 32.0. The van der Waals surface area contributed by atoms with Crippen LogP contribution in [0.4, 0.5) is 0 Å². The van der Waals surface area contributed by atoms with Crippen molar-refractivity contribution in [3.05, 3.63) is 199 Å². The number of thiophene rings is 1. The van der Waals surface area contributed by atoms with E-state index in [1.807, 2.05) is 0 Å². The first-order valence-corrected chi connectivity index (χ1v) is 20.8. The summed E-state index contributed by atoms with van der Waals surface area (Å²) in [6.07, 6.45) is 0.979. The molecule has 3 nitrogen and oxygen atoms in total. The molecule has 2 bridgehead atoms. The lowest BCUT2D eigenvalue weighted by Gasteiger charge is -2.36. The highest BCUT2D eigenvalue weighted by Crippen LogP contribution is 2.56. The van der Waals surface area contributed by atoms with Gasteiger partial charge in [-0.15, -0.1) is 11.3 Å². The van der Waals surface area contributed by atoms with E-state index in [2.05, 4.69) is 187 Å². The monoisotopic (exact) mass is 755 g/mol. The van der Waals surface area contributed by atoms with E-state index in [9.17, 15) is 0 Å². The Bertz CT molecular complexity index is 3470. The smallest absolute Gasteiger partial charge is 0.162 e. The standard InChI is InChI=1S/C54H33N3S/c1-4-14-32(15-5-1)35-24-26-38-41(28-35)43-31-47-50(49-39-21-11-10-20-37(39)42(38)30-44(43)49)45-29-36(33-16-6-2-7-17-33)25-27-46(45)57(47)54-52-51(40-22-12-13-23-48(40)58-52)55-53(56-54)34-18-8-3-9-19-34/h1-29,31,42H,30H2. The summed E-state index contributed by atoms with van der Waals surface area (Å²) >= 11 is 1.79. The first-order chi connectivity index (χ1) is 28.8. The Morgan fingerprint density at radius 3 is 1.93 bits per heavy atom. The summed E-state index contributed by atoms with van der Waals surface area (Å²) in [7, 11) is 0. The Labute approximate surface area is 339 Å². The topological polar surface area (TPSA) is 30.7 Å². The van der Waals surface area contributed by atoms with Crippen LogP contribution in [0.2, 0.25) is 0 Å². The molecule has 8 aromatic carbocycles. The SMILES string of the molecule is c1ccc(-c2ccc3c(c2)-c2cc4c(c5c2CC3c2ccccc2-5)c2cc(-c3ccccc3)ccc2n4-c2nc(-c3ccccc3)nc3c2sc2ccccc23)cc1. The first-order valence-electron chi connectivity index (χ1n) is 20.0. The lowest BCUT2D eigenvalue weighted by Crippen LogP contribution is -2.19. The third kappa shape index (κ3) is 4.55. The van der Waals surface area contributed by atoms with Gasteiger partial charge in [-0.05, 0) is 98.0 Å². The van der Waals surface area contributed by atoms with Crippen molar-refractivity contribution in [3.8, 4) is 61.7 Å². The van der Waals surface area contributed by atoms with Crippen LogP contribution in [-0.4, -0.2) is 14.5 Å². The molecule has 0 saturated carbocycles. The number of nitrogens with zero attached hydrogens (tertiary/aromatic N) is 3. The molecule has 3 heterocycles. The van der Waals surface area contributed by atoms with Crippen LogP contribution in [0.15, 0.2) is 182 Å². The zero-order valence-electron chi connectivity index (χ0n) is 31.4. The second-order valence-electron chi connectivity index (χ2n) is 15.6. The number of hydrogen-bond donors (Lipinski definition) is 0. The van der Waals surface area contributed by atoms with Crippen molar-refractivity contribution in [3.63, 3.8) is 0 Å². The number of fused-ring (bicyclic) bond motifs is 14. The van der Waals surface area contributed by atoms with Crippen LogP contribution in [-0.2, 0) is 6.42 Å². The maximum absolute atomic E-state index is 5.57. The second-order valence-corrected chi connectivity index (χ2v) is 16.7. The summed E-state index contributed by atoms with van der Waals surface area (Å²) in [4.78, 5) is 10.9. The number of hydrogen-bond acceptors (Lipinski definition) is 3. The van der Waals surface area contributed by atoms with E-state index in [0.717, 1.165) is 50.3 Å². The molecule has 0 fully saturated rings. The van der Waals surface area contributed by atoms with Crippen LogP contribution >= 0.6 is 11.3 Å². The lowest BCUT2D eigenvalue weighted by atomic mass is 9.67. The molecule has 0 saturated heterocycles. The Morgan fingerprint density at radius 2 is 1.14 bits per heavy atom. The Morgan fingerprint density at radius 1 is 0.483 bits per heavy atom. The Balaban J connectivity index is 1.21. The maximum atomic E-state index is 5.57. The third-order valence-electron chi connectivity index (χ3n) is 12.6. The molecule has 2 aliphatic rings. The van der Waals surface area contributed by atoms with Gasteiger partial charge in [0.1, 0.15) is 0 Å². The number of rotatable bonds is 4. The molecule has 2 aliphatic carbocycles. The van der Waals surface area contributed by atoms with Crippen LogP contribution in [0.5, 0.6) is 0 Å². The van der Waals surface area contributed by atoms with Crippen molar-refractivity contribution in [1.82, 2.24) is 14.5 Å². The van der Waals surface area contributed by atoms with E-state index in [-0.39, 0.29) is 0 Å². The van der Waals surface area contributed by atoms with E-state index in [0.29, 0.717) is 5.92 Å². The summed E-state index contributed by atoms with van der Waals surface area (Å²) < 4.78 is 4.76. The minimum Gasteiger partial charge on any atom is -0.292 e. The lowest BCUT2D eigenvalue weighted by molar-refractivity contribution is 0.784.